The van der Waals surface area contributed by atoms with Crippen LogP contribution >= 0.6 is 22.9 Å². The summed E-state index contributed by atoms with van der Waals surface area (Å²) in [6.45, 7) is 3.55. The first kappa shape index (κ1) is 8.74. The van der Waals surface area contributed by atoms with Gasteiger partial charge in [-0.05, 0) is 34.0 Å². The molecule has 2 atom stereocenters. The molecular formula is C7H15IN2. The molecule has 1 saturated heterocycles. The molecule has 10 heavy (non-hydrogen) atoms. The lowest BCUT2D eigenvalue weighted by Crippen LogP contribution is -2.35. The van der Waals surface area contributed by atoms with E-state index in [0.717, 1.165) is 12.1 Å². The van der Waals surface area contributed by atoms with Gasteiger partial charge in [-0.25, -0.2) is 3.11 Å². The van der Waals surface area contributed by atoms with Gasteiger partial charge in [0.2, 0.25) is 0 Å². The van der Waals surface area contributed by atoms with E-state index in [-0.39, 0.29) is 0 Å². The largest absolute Gasteiger partial charge is 0.302 e. The maximum atomic E-state index is 2.42. The molecule has 2 nitrogen and oxygen atoms in total. The highest BCUT2D eigenvalue weighted by Gasteiger charge is 2.29. The van der Waals surface area contributed by atoms with Crippen molar-refractivity contribution in [1.29, 1.82) is 0 Å². The molecule has 0 amide bonds. The van der Waals surface area contributed by atoms with E-state index in [4.69, 9.17) is 0 Å². The Morgan fingerprint density at radius 3 is 2.40 bits per heavy atom. The van der Waals surface area contributed by atoms with Crippen LogP contribution in [-0.2, 0) is 0 Å². The molecule has 2 unspecified atom stereocenters. The number of likely N-dealkylation sites (N-methyl/N-ethyl adjacent to an activating group) is 2. The van der Waals surface area contributed by atoms with E-state index in [9.17, 15) is 0 Å². The first-order valence-corrected chi connectivity index (χ1v) is 4.68. The van der Waals surface area contributed by atoms with Gasteiger partial charge in [0.25, 0.3) is 0 Å². The van der Waals surface area contributed by atoms with Gasteiger partial charge < -0.3 is 4.90 Å². The average molecular weight is 254 g/mol. The smallest absolute Gasteiger partial charge is 0.0356 e. The van der Waals surface area contributed by atoms with Gasteiger partial charge in [-0.2, -0.15) is 0 Å². The molecule has 1 heterocycles. The van der Waals surface area contributed by atoms with Gasteiger partial charge in [-0.15, -0.1) is 0 Å². The highest BCUT2D eigenvalue weighted by Crippen LogP contribution is 2.21. The molecule has 0 spiro atoms. The Morgan fingerprint density at radius 1 is 1.60 bits per heavy atom. The molecule has 0 bridgehead atoms. The van der Waals surface area contributed by atoms with Gasteiger partial charge in [0.15, 0.2) is 0 Å². The van der Waals surface area contributed by atoms with E-state index in [1.165, 1.54) is 13.0 Å². The first-order chi connectivity index (χ1) is 4.63. The van der Waals surface area contributed by atoms with Crippen molar-refractivity contribution < 1.29 is 0 Å². The summed E-state index contributed by atoms with van der Waals surface area (Å²) in [6, 6.07) is 1.48. The third-order valence-electron chi connectivity index (χ3n) is 2.49. The van der Waals surface area contributed by atoms with Gasteiger partial charge >= 0.3 is 0 Å². The highest BCUT2D eigenvalue weighted by molar-refractivity contribution is 14.1. The molecule has 0 aromatic heterocycles. The number of likely N-dealkylation sites (tertiary alicyclic amines) is 1. The van der Waals surface area contributed by atoms with Crippen LogP contribution in [0.5, 0.6) is 0 Å². The van der Waals surface area contributed by atoms with Gasteiger partial charge in [-0.1, -0.05) is 0 Å². The summed E-state index contributed by atoms with van der Waals surface area (Å²) in [6.07, 6.45) is 1.32. The zero-order valence-corrected chi connectivity index (χ0v) is 9.00. The van der Waals surface area contributed by atoms with E-state index in [0.29, 0.717) is 0 Å². The Morgan fingerprint density at radius 2 is 2.20 bits per heavy atom. The molecule has 0 aromatic carbocycles. The Bertz CT molecular complexity index is 116. The van der Waals surface area contributed by atoms with Crippen LogP contribution in [0.2, 0.25) is 0 Å². The summed E-state index contributed by atoms with van der Waals surface area (Å²) >= 11 is 2.38. The lowest BCUT2D eigenvalue weighted by Gasteiger charge is -2.24. The Kier molecular flexibility index (Phi) is 2.94. The second-order valence-electron chi connectivity index (χ2n) is 3.10. The lowest BCUT2D eigenvalue weighted by atomic mass is 10.1. The molecule has 0 N–H and O–H groups in total. The predicted octanol–water partition coefficient (Wildman–Crippen LogP) is 1.36. The fraction of sp³-hybridized carbons (Fsp3) is 1.00. The number of hydrogen-bond acceptors (Lipinski definition) is 2. The minimum absolute atomic E-state index is 0.724. The molecule has 1 aliphatic rings. The van der Waals surface area contributed by atoms with E-state index in [2.05, 4.69) is 51.9 Å². The van der Waals surface area contributed by atoms with Crippen LogP contribution in [0.1, 0.15) is 13.3 Å². The Labute approximate surface area is 77.1 Å². The second kappa shape index (κ2) is 3.36. The fourth-order valence-electron chi connectivity index (χ4n) is 1.55. The van der Waals surface area contributed by atoms with E-state index >= 15 is 0 Å². The average Bonchev–Trinajstić information content (AvgIpc) is 2.14. The number of hydrogen-bond donors (Lipinski definition) is 0. The van der Waals surface area contributed by atoms with Gasteiger partial charge in [0.05, 0.1) is 0 Å². The summed E-state index contributed by atoms with van der Waals surface area (Å²) in [5.74, 6) is 0. The monoisotopic (exact) mass is 254 g/mol. The standard InChI is InChI=1S/C7H15IN2/c1-6-7(10(3)8)4-5-9(6)2/h6-7H,4-5H2,1-3H3. The Balaban J connectivity index is 2.49. The normalized spacial score (nSPS) is 35.7. The molecule has 60 valence electrons. The number of halogens is 1. The van der Waals surface area contributed by atoms with Crippen LogP contribution in [-0.4, -0.2) is 40.7 Å². The van der Waals surface area contributed by atoms with Gasteiger partial charge in [-0.3, -0.25) is 0 Å². The van der Waals surface area contributed by atoms with Crippen molar-refractivity contribution in [3.8, 4) is 0 Å². The van der Waals surface area contributed by atoms with Gasteiger partial charge in [0, 0.05) is 34.9 Å². The van der Waals surface area contributed by atoms with Crippen LogP contribution in [0.25, 0.3) is 0 Å². The molecule has 0 saturated carbocycles. The van der Waals surface area contributed by atoms with Crippen LogP contribution in [0.4, 0.5) is 0 Å². The molecule has 0 radical (unpaired) electrons. The van der Waals surface area contributed by atoms with E-state index in [1.807, 2.05) is 0 Å². The maximum absolute atomic E-state index is 2.42. The Hall–Kier alpha value is 0.650. The minimum Gasteiger partial charge on any atom is -0.302 e. The summed E-state index contributed by atoms with van der Waals surface area (Å²) in [5, 5.41) is 0. The third kappa shape index (κ3) is 1.62. The fourth-order valence-corrected chi connectivity index (χ4v) is 2.29. The molecule has 1 fully saturated rings. The van der Waals surface area contributed by atoms with Crippen molar-refractivity contribution >= 4 is 22.9 Å². The zero-order chi connectivity index (χ0) is 7.72. The predicted molar refractivity (Wildman–Crippen MR) is 52.3 cm³/mol. The molecule has 0 aliphatic carbocycles. The summed E-state index contributed by atoms with van der Waals surface area (Å²) in [7, 11) is 4.35. The first-order valence-electron chi connectivity index (χ1n) is 3.72. The number of rotatable bonds is 1. The summed E-state index contributed by atoms with van der Waals surface area (Å²) < 4.78 is 2.30. The zero-order valence-electron chi connectivity index (χ0n) is 6.84. The van der Waals surface area contributed by atoms with E-state index < -0.39 is 0 Å². The molecule has 3 heteroatoms. The van der Waals surface area contributed by atoms with Crippen molar-refractivity contribution in [1.82, 2.24) is 8.01 Å². The summed E-state index contributed by atoms with van der Waals surface area (Å²) in [4.78, 5) is 2.42. The third-order valence-corrected chi connectivity index (χ3v) is 3.20. The SMILES string of the molecule is CC1C(N(C)I)CCN1C. The quantitative estimate of drug-likeness (QED) is 0.515. The van der Waals surface area contributed by atoms with Crippen LogP contribution in [0, 0.1) is 0 Å². The lowest BCUT2D eigenvalue weighted by molar-refractivity contribution is 0.281. The van der Waals surface area contributed by atoms with Crippen molar-refractivity contribution in [3.63, 3.8) is 0 Å². The molecule has 0 aromatic rings. The summed E-state index contributed by atoms with van der Waals surface area (Å²) in [5.41, 5.74) is 0. The van der Waals surface area contributed by atoms with Crippen molar-refractivity contribution in [2.45, 2.75) is 25.4 Å². The topological polar surface area (TPSA) is 6.48 Å². The second-order valence-corrected chi connectivity index (χ2v) is 4.62. The van der Waals surface area contributed by atoms with Crippen LogP contribution < -0.4 is 0 Å². The van der Waals surface area contributed by atoms with Crippen LogP contribution in [0.3, 0.4) is 0 Å². The molecule has 1 rings (SSSR count). The van der Waals surface area contributed by atoms with Gasteiger partial charge in [0.1, 0.15) is 0 Å². The highest BCUT2D eigenvalue weighted by atomic mass is 127. The maximum Gasteiger partial charge on any atom is 0.0356 e. The van der Waals surface area contributed by atoms with Crippen molar-refractivity contribution in [2.75, 3.05) is 20.6 Å². The molecular weight excluding hydrogens is 239 g/mol. The van der Waals surface area contributed by atoms with E-state index in [1.54, 1.807) is 0 Å². The van der Waals surface area contributed by atoms with Crippen LogP contribution in [0.15, 0.2) is 0 Å². The van der Waals surface area contributed by atoms with Crippen molar-refractivity contribution in [2.24, 2.45) is 0 Å². The van der Waals surface area contributed by atoms with Crippen molar-refractivity contribution in [3.05, 3.63) is 0 Å². The molecule has 1 aliphatic heterocycles. The minimum atomic E-state index is 0.724. The number of nitrogens with zero attached hydrogens (tertiary/aromatic N) is 2.